The fourth-order valence-corrected chi connectivity index (χ4v) is 0.941. The van der Waals surface area contributed by atoms with Gasteiger partial charge in [0.05, 0.1) is 7.11 Å². The zero-order valence-corrected chi connectivity index (χ0v) is 9.44. The SMILES string of the molecule is COc1ccc(C#CC(=O)ONC(C)=O)cc1. The van der Waals surface area contributed by atoms with Gasteiger partial charge in [-0.15, -0.1) is 0 Å². The van der Waals surface area contributed by atoms with Crippen LogP contribution in [0.1, 0.15) is 12.5 Å². The quantitative estimate of drug-likeness (QED) is 0.571. The molecule has 1 N–H and O–H groups in total. The fourth-order valence-electron chi connectivity index (χ4n) is 0.941. The van der Waals surface area contributed by atoms with Crippen LogP contribution in [0.15, 0.2) is 24.3 Å². The Morgan fingerprint density at radius 2 is 1.88 bits per heavy atom. The molecule has 0 heterocycles. The number of rotatable bonds is 1. The van der Waals surface area contributed by atoms with Gasteiger partial charge in [0.25, 0.3) is 0 Å². The molecule has 17 heavy (non-hydrogen) atoms. The van der Waals surface area contributed by atoms with Gasteiger partial charge in [-0.05, 0) is 24.3 Å². The maximum Gasteiger partial charge on any atom is 0.408 e. The second-order valence-electron chi connectivity index (χ2n) is 3.03. The summed E-state index contributed by atoms with van der Waals surface area (Å²) >= 11 is 0. The Morgan fingerprint density at radius 1 is 1.24 bits per heavy atom. The second-order valence-corrected chi connectivity index (χ2v) is 3.03. The minimum Gasteiger partial charge on any atom is -0.497 e. The lowest BCUT2D eigenvalue weighted by Crippen LogP contribution is -2.23. The number of amides is 1. The number of hydrogen-bond donors (Lipinski definition) is 1. The summed E-state index contributed by atoms with van der Waals surface area (Å²) in [6.45, 7) is 1.23. The van der Waals surface area contributed by atoms with Crippen molar-refractivity contribution in [1.29, 1.82) is 0 Å². The highest BCUT2D eigenvalue weighted by molar-refractivity contribution is 5.90. The van der Waals surface area contributed by atoms with E-state index in [2.05, 4.69) is 16.7 Å². The van der Waals surface area contributed by atoms with Crippen LogP contribution >= 0.6 is 0 Å². The van der Waals surface area contributed by atoms with E-state index in [0.29, 0.717) is 11.3 Å². The third-order valence-electron chi connectivity index (χ3n) is 1.69. The van der Waals surface area contributed by atoms with Gasteiger partial charge in [-0.25, -0.2) is 4.79 Å². The summed E-state index contributed by atoms with van der Waals surface area (Å²) in [5.41, 5.74) is 2.53. The molecule has 1 rings (SSSR count). The van der Waals surface area contributed by atoms with Gasteiger partial charge in [-0.1, -0.05) is 5.92 Å². The number of carbonyl (C=O) groups excluding carboxylic acids is 2. The molecule has 0 fully saturated rings. The van der Waals surface area contributed by atoms with Crippen LogP contribution in [-0.2, 0) is 14.4 Å². The first-order valence-electron chi connectivity index (χ1n) is 4.75. The Bertz CT molecular complexity index is 468. The zero-order chi connectivity index (χ0) is 12.7. The fraction of sp³-hybridized carbons (Fsp3) is 0.167. The lowest BCUT2D eigenvalue weighted by atomic mass is 10.2. The summed E-state index contributed by atoms with van der Waals surface area (Å²) in [4.78, 5) is 25.8. The van der Waals surface area contributed by atoms with Gasteiger partial charge in [0, 0.05) is 18.4 Å². The van der Waals surface area contributed by atoms with Gasteiger partial charge in [-0.2, -0.15) is 5.48 Å². The Balaban J connectivity index is 2.58. The van der Waals surface area contributed by atoms with Crippen molar-refractivity contribution in [2.45, 2.75) is 6.92 Å². The van der Waals surface area contributed by atoms with E-state index in [-0.39, 0.29) is 0 Å². The highest BCUT2D eigenvalue weighted by Crippen LogP contribution is 2.09. The minimum atomic E-state index is -0.823. The molecule has 5 heteroatoms. The van der Waals surface area contributed by atoms with Crippen molar-refractivity contribution < 1.29 is 19.2 Å². The molecule has 0 unspecified atom stereocenters. The number of benzene rings is 1. The van der Waals surface area contributed by atoms with Crippen molar-refractivity contribution >= 4 is 11.9 Å². The highest BCUT2D eigenvalue weighted by atomic mass is 16.7. The second kappa shape index (κ2) is 6.18. The van der Waals surface area contributed by atoms with Crippen LogP contribution in [-0.4, -0.2) is 19.0 Å². The van der Waals surface area contributed by atoms with Crippen molar-refractivity contribution in [3.05, 3.63) is 29.8 Å². The molecule has 0 aliphatic carbocycles. The number of ether oxygens (including phenoxy) is 1. The molecule has 88 valence electrons. The van der Waals surface area contributed by atoms with Crippen molar-refractivity contribution in [3.8, 4) is 17.6 Å². The predicted octanol–water partition coefficient (Wildman–Crippen LogP) is 0.641. The van der Waals surface area contributed by atoms with Crippen LogP contribution in [0.25, 0.3) is 0 Å². The van der Waals surface area contributed by atoms with Gasteiger partial charge in [0.1, 0.15) is 5.75 Å². The van der Waals surface area contributed by atoms with Crippen LogP contribution in [0, 0.1) is 11.8 Å². The Morgan fingerprint density at radius 3 is 2.41 bits per heavy atom. The summed E-state index contributed by atoms with van der Waals surface area (Å²) in [5.74, 6) is 4.23. The summed E-state index contributed by atoms with van der Waals surface area (Å²) in [5, 5.41) is 0. The number of nitrogens with one attached hydrogen (secondary N) is 1. The summed E-state index contributed by atoms with van der Waals surface area (Å²) in [7, 11) is 1.56. The normalized spacial score (nSPS) is 8.59. The van der Waals surface area contributed by atoms with E-state index in [1.54, 1.807) is 31.4 Å². The van der Waals surface area contributed by atoms with Crippen LogP contribution in [0.5, 0.6) is 5.75 Å². The molecule has 0 saturated carbocycles. The van der Waals surface area contributed by atoms with E-state index in [4.69, 9.17) is 4.74 Å². The molecule has 0 atom stereocenters. The van der Waals surface area contributed by atoms with E-state index in [0.717, 1.165) is 0 Å². The molecule has 0 spiro atoms. The predicted molar refractivity (Wildman–Crippen MR) is 59.8 cm³/mol. The van der Waals surface area contributed by atoms with E-state index < -0.39 is 11.9 Å². The molecule has 0 aromatic heterocycles. The van der Waals surface area contributed by atoms with Crippen LogP contribution in [0.2, 0.25) is 0 Å². The van der Waals surface area contributed by atoms with Gasteiger partial charge in [0.15, 0.2) is 0 Å². The molecule has 0 aliphatic rings. The number of carbonyl (C=O) groups is 2. The molecule has 0 saturated heterocycles. The average Bonchev–Trinajstić information content (AvgIpc) is 2.34. The first kappa shape index (κ1) is 12.6. The van der Waals surface area contributed by atoms with Gasteiger partial charge >= 0.3 is 5.97 Å². The van der Waals surface area contributed by atoms with Gasteiger partial charge in [-0.3, -0.25) is 4.79 Å². The Labute approximate surface area is 98.7 Å². The standard InChI is InChI=1S/C12H11NO4/c1-9(14)13-17-12(15)8-5-10-3-6-11(16-2)7-4-10/h3-4,6-7H,1-2H3,(H,13,14). The Kier molecular flexibility index (Phi) is 4.58. The lowest BCUT2D eigenvalue weighted by Gasteiger charge is -1.98. The van der Waals surface area contributed by atoms with Crippen LogP contribution in [0.4, 0.5) is 0 Å². The van der Waals surface area contributed by atoms with E-state index in [1.807, 2.05) is 5.48 Å². The minimum absolute atomic E-state index is 0.468. The molecule has 5 nitrogen and oxygen atoms in total. The zero-order valence-electron chi connectivity index (χ0n) is 9.44. The van der Waals surface area contributed by atoms with E-state index >= 15 is 0 Å². The molecule has 1 aromatic carbocycles. The first-order chi connectivity index (χ1) is 8.11. The van der Waals surface area contributed by atoms with Crippen molar-refractivity contribution in [3.63, 3.8) is 0 Å². The molecule has 0 bridgehead atoms. The third kappa shape index (κ3) is 4.71. The highest BCUT2D eigenvalue weighted by Gasteiger charge is 1.98. The maximum atomic E-state index is 11.0. The van der Waals surface area contributed by atoms with Crippen LogP contribution in [0.3, 0.4) is 0 Å². The van der Waals surface area contributed by atoms with Crippen LogP contribution < -0.4 is 10.2 Å². The molecular formula is C12H11NO4. The van der Waals surface area contributed by atoms with E-state index in [9.17, 15) is 9.59 Å². The van der Waals surface area contributed by atoms with Crippen molar-refractivity contribution in [2.24, 2.45) is 0 Å². The number of hydrogen-bond acceptors (Lipinski definition) is 4. The van der Waals surface area contributed by atoms with E-state index in [1.165, 1.54) is 6.92 Å². The summed E-state index contributed by atoms with van der Waals surface area (Å²) < 4.78 is 4.97. The first-order valence-corrected chi connectivity index (χ1v) is 4.75. The lowest BCUT2D eigenvalue weighted by molar-refractivity contribution is -0.151. The molecular weight excluding hydrogens is 222 g/mol. The van der Waals surface area contributed by atoms with Gasteiger partial charge in [0.2, 0.25) is 5.91 Å². The largest absolute Gasteiger partial charge is 0.497 e. The van der Waals surface area contributed by atoms with Crippen molar-refractivity contribution in [2.75, 3.05) is 7.11 Å². The molecule has 0 aliphatic heterocycles. The summed E-state index contributed by atoms with van der Waals surface area (Å²) in [6, 6.07) is 6.86. The number of hydroxylamine groups is 1. The monoisotopic (exact) mass is 233 g/mol. The average molecular weight is 233 g/mol. The third-order valence-corrected chi connectivity index (χ3v) is 1.69. The smallest absolute Gasteiger partial charge is 0.408 e. The summed E-state index contributed by atoms with van der Waals surface area (Å²) in [6.07, 6.45) is 0. The van der Waals surface area contributed by atoms with Gasteiger partial charge < -0.3 is 9.57 Å². The molecule has 0 radical (unpaired) electrons. The number of methoxy groups -OCH3 is 1. The Hall–Kier alpha value is -2.48. The van der Waals surface area contributed by atoms with Crippen molar-refractivity contribution in [1.82, 2.24) is 5.48 Å². The molecule has 1 amide bonds. The topological polar surface area (TPSA) is 64.6 Å². The maximum absolute atomic E-state index is 11.0. The molecule has 1 aromatic rings.